The predicted molar refractivity (Wildman–Crippen MR) is 246 cm³/mol. The van der Waals surface area contributed by atoms with Crippen LogP contribution in [0.1, 0.15) is 277 Å². The van der Waals surface area contributed by atoms with Gasteiger partial charge in [-0.25, -0.2) is 0 Å². The number of nitrogens with zero attached hydrogens (tertiary/aromatic N) is 2. The van der Waals surface area contributed by atoms with Gasteiger partial charge in [0.2, 0.25) is 0 Å². The molecule has 0 saturated carbocycles. The van der Waals surface area contributed by atoms with Crippen molar-refractivity contribution in [1.29, 1.82) is 0 Å². The lowest BCUT2D eigenvalue weighted by molar-refractivity contribution is 0.0636. The maximum absolute atomic E-state index is 13.6. The Bertz CT molecular complexity index is 1510. The van der Waals surface area contributed by atoms with Crippen LogP contribution in [0.2, 0.25) is 0 Å². The van der Waals surface area contributed by atoms with E-state index in [0.29, 0.717) is 24.2 Å². The third-order valence-electron chi connectivity index (χ3n) is 12.9. The Kier molecular flexibility index (Phi) is 23.6. The van der Waals surface area contributed by atoms with E-state index in [4.69, 9.17) is 0 Å². The third kappa shape index (κ3) is 16.0. The third-order valence-corrected chi connectivity index (χ3v) is 12.9. The van der Waals surface area contributed by atoms with Gasteiger partial charge >= 0.3 is 0 Å². The standard InChI is InChI=1S/C53H80N2O5/c1-3-5-7-9-11-13-15-17-19-21-23-25-27-29-31-33-39-54-50(57)45-37-35-43(41-47(45)52(54)59)49(56)44-36-38-46-48(42-44)53(60)55(51(46)58)40-34-32-30-28-26-24-22-20-18-16-14-12-10-8-6-4-2/h35-38,41-42H,3-34,39-40H2,1-2H3. The summed E-state index contributed by atoms with van der Waals surface area (Å²) in [6.45, 7) is 5.29. The van der Waals surface area contributed by atoms with E-state index in [1.54, 1.807) is 24.3 Å². The molecule has 0 aromatic heterocycles. The van der Waals surface area contributed by atoms with Crippen LogP contribution in [-0.2, 0) is 0 Å². The summed E-state index contributed by atoms with van der Waals surface area (Å²) < 4.78 is 0. The van der Waals surface area contributed by atoms with Crippen LogP contribution >= 0.6 is 0 Å². The van der Waals surface area contributed by atoms with Gasteiger partial charge in [-0.05, 0) is 37.1 Å². The number of benzene rings is 2. The molecule has 2 heterocycles. The number of rotatable bonds is 36. The first-order valence-corrected chi connectivity index (χ1v) is 24.9. The molecule has 4 rings (SSSR count). The van der Waals surface area contributed by atoms with E-state index in [1.165, 1.54) is 189 Å². The summed E-state index contributed by atoms with van der Waals surface area (Å²) in [5.74, 6) is -1.68. The molecule has 0 fully saturated rings. The molecule has 0 radical (unpaired) electrons. The molecular formula is C53H80N2O5. The minimum atomic E-state index is -0.356. The Morgan fingerprint density at radius 1 is 0.333 bits per heavy atom. The molecular weight excluding hydrogens is 745 g/mol. The monoisotopic (exact) mass is 825 g/mol. The van der Waals surface area contributed by atoms with Gasteiger partial charge in [0.05, 0.1) is 22.3 Å². The lowest BCUT2D eigenvalue weighted by Gasteiger charge is -2.13. The van der Waals surface area contributed by atoms with Crippen molar-refractivity contribution in [2.45, 2.75) is 219 Å². The first-order chi connectivity index (χ1) is 29.4. The second-order valence-corrected chi connectivity index (χ2v) is 18.0. The minimum absolute atomic E-state index is 0.250. The van der Waals surface area contributed by atoms with Gasteiger partial charge in [-0.1, -0.05) is 219 Å². The Balaban J connectivity index is 1.10. The second kappa shape index (κ2) is 28.8. The number of ketones is 1. The number of imide groups is 2. The molecule has 0 aliphatic carbocycles. The summed E-state index contributed by atoms with van der Waals surface area (Å²) in [4.78, 5) is 69.3. The predicted octanol–water partition coefficient (Wildman–Crippen LogP) is 14.6. The van der Waals surface area contributed by atoms with Gasteiger partial charge in [0.15, 0.2) is 5.78 Å². The van der Waals surface area contributed by atoms with Crippen molar-refractivity contribution in [3.63, 3.8) is 0 Å². The number of amides is 4. The first-order valence-electron chi connectivity index (χ1n) is 24.9. The maximum atomic E-state index is 13.6. The van der Waals surface area contributed by atoms with Gasteiger partial charge in [0, 0.05) is 24.2 Å². The zero-order valence-electron chi connectivity index (χ0n) is 37.9. The van der Waals surface area contributed by atoms with Crippen LogP contribution in [0.25, 0.3) is 0 Å². The molecule has 7 nitrogen and oxygen atoms in total. The fraction of sp³-hybridized carbons (Fsp3) is 0.679. The van der Waals surface area contributed by atoms with E-state index in [0.717, 1.165) is 38.5 Å². The van der Waals surface area contributed by atoms with Crippen molar-refractivity contribution in [1.82, 2.24) is 9.80 Å². The summed E-state index contributed by atoms with van der Waals surface area (Å²) >= 11 is 0. The van der Waals surface area contributed by atoms with Crippen LogP contribution in [0.3, 0.4) is 0 Å². The summed E-state index contributed by atoms with van der Waals surface area (Å²) in [5.41, 5.74) is 1.71. The number of unbranched alkanes of at least 4 members (excludes halogenated alkanes) is 30. The highest BCUT2D eigenvalue weighted by Crippen LogP contribution is 2.29. The lowest BCUT2D eigenvalue weighted by atomic mass is 9.96. The van der Waals surface area contributed by atoms with Crippen LogP contribution in [0.5, 0.6) is 0 Å². The molecule has 0 N–H and O–H groups in total. The second-order valence-electron chi connectivity index (χ2n) is 18.0. The summed E-state index contributed by atoms with van der Waals surface area (Å²) in [7, 11) is 0. The number of carbonyl (C=O) groups excluding carboxylic acids is 5. The Hall–Kier alpha value is -3.61. The van der Waals surface area contributed by atoms with E-state index < -0.39 is 0 Å². The largest absolute Gasteiger partial charge is 0.289 e. The zero-order chi connectivity index (χ0) is 42.8. The molecule has 0 spiro atoms. The van der Waals surface area contributed by atoms with Gasteiger partial charge in [-0.15, -0.1) is 0 Å². The minimum Gasteiger partial charge on any atom is -0.289 e. The van der Waals surface area contributed by atoms with Gasteiger partial charge in [-0.3, -0.25) is 33.8 Å². The van der Waals surface area contributed by atoms with Gasteiger partial charge in [-0.2, -0.15) is 0 Å². The van der Waals surface area contributed by atoms with Gasteiger partial charge < -0.3 is 0 Å². The highest BCUT2D eigenvalue weighted by atomic mass is 16.2. The number of carbonyl (C=O) groups is 5. The summed E-state index contributed by atoms with van der Waals surface area (Å²) in [6.07, 6.45) is 40.4. The van der Waals surface area contributed by atoms with E-state index in [-0.39, 0.29) is 51.7 Å². The zero-order valence-corrected chi connectivity index (χ0v) is 37.9. The van der Waals surface area contributed by atoms with Crippen LogP contribution in [0.15, 0.2) is 36.4 Å². The smallest absolute Gasteiger partial charge is 0.261 e. The Labute approximate surface area is 364 Å². The summed E-state index contributed by atoms with van der Waals surface area (Å²) in [5, 5.41) is 0. The molecule has 4 amide bonds. The maximum Gasteiger partial charge on any atom is 0.261 e. The molecule has 2 aliphatic heterocycles. The SMILES string of the molecule is CCCCCCCCCCCCCCCCCCN1C(=O)c2ccc(C(=O)c3ccc4c(c3)C(=O)N(CCCCCCCCCCCCCCCCCC)C4=O)cc2C1=O. The fourth-order valence-electron chi connectivity index (χ4n) is 9.07. The molecule has 0 saturated heterocycles. The number of hydrogen-bond acceptors (Lipinski definition) is 5. The highest BCUT2D eigenvalue weighted by molar-refractivity contribution is 6.24. The van der Waals surface area contributed by atoms with E-state index in [2.05, 4.69) is 13.8 Å². The first kappa shape index (κ1) is 49.0. The molecule has 2 aromatic carbocycles. The summed E-state index contributed by atoms with van der Waals surface area (Å²) in [6, 6.07) is 9.31. The molecule has 2 aliphatic rings. The quantitative estimate of drug-likeness (QED) is 0.0388. The molecule has 60 heavy (non-hydrogen) atoms. The van der Waals surface area contributed by atoms with Crippen LogP contribution in [0.4, 0.5) is 0 Å². The fourth-order valence-corrected chi connectivity index (χ4v) is 9.07. The molecule has 0 bridgehead atoms. The number of fused-ring (bicyclic) bond motifs is 2. The Morgan fingerprint density at radius 2 is 0.567 bits per heavy atom. The van der Waals surface area contributed by atoms with Crippen molar-refractivity contribution in [2.24, 2.45) is 0 Å². The van der Waals surface area contributed by atoms with Crippen molar-refractivity contribution in [2.75, 3.05) is 13.1 Å². The average molecular weight is 825 g/mol. The van der Waals surface area contributed by atoms with Crippen molar-refractivity contribution >= 4 is 29.4 Å². The normalized spacial score (nSPS) is 13.6. The molecule has 2 aromatic rings. The average Bonchev–Trinajstić information content (AvgIpc) is 3.64. The van der Waals surface area contributed by atoms with Gasteiger partial charge in [0.1, 0.15) is 0 Å². The highest BCUT2D eigenvalue weighted by Gasteiger charge is 2.37. The van der Waals surface area contributed by atoms with Crippen molar-refractivity contribution in [3.05, 3.63) is 69.8 Å². The molecule has 7 heteroatoms. The Morgan fingerprint density at radius 3 is 0.833 bits per heavy atom. The van der Waals surface area contributed by atoms with E-state index in [9.17, 15) is 24.0 Å². The topological polar surface area (TPSA) is 91.8 Å². The van der Waals surface area contributed by atoms with Crippen LogP contribution < -0.4 is 0 Å². The van der Waals surface area contributed by atoms with E-state index >= 15 is 0 Å². The lowest BCUT2D eigenvalue weighted by Crippen LogP contribution is -2.30. The molecule has 0 unspecified atom stereocenters. The van der Waals surface area contributed by atoms with Gasteiger partial charge in [0.25, 0.3) is 23.6 Å². The van der Waals surface area contributed by atoms with Crippen molar-refractivity contribution < 1.29 is 24.0 Å². The molecule has 332 valence electrons. The molecule has 0 atom stereocenters. The van der Waals surface area contributed by atoms with Crippen LogP contribution in [-0.4, -0.2) is 52.3 Å². The number of hydrogen-bond donors (Lipinski definition) is 0. The van der Waals surface area contributed by atoms with Crippen LogP contribution in [0, 0.1) is 0 Å². The van der Waals surface area contributed by atoms with Crippen molar-refractivity contribution in [3.8, 4) is 0 Å². The van der Waals surface area contributed by atoms with E-state index in [1.807, 2.05) is 0 Å².